The lowest BCUT2D eigenvalue weighted by molar-refractivity contribution is 0.120. The Morgan fingerprint density at radius 2 is 1.89 bits per heavy atom. The largest absolute Gasteiger partial charge is 0.492 e. The number of aromatic nitrogens is 1. The molecule has 1 aromatic carbocycles. The van der Waals surface area contributed by atoms with Crippen LogP contribution in [0.5, 0.6) is 5.75 Å². The van der Waals surface area contributed by atoms with Gasteiger partial charge in [-0.1, -0.05) is 33.8 Å². The third kappa shape index (κ3) is 5.23. The maximum absolute atomic E-state index is 6.10. The molecule has 1 fully saturated rings. The van der Waals surface area contributed by atoms with E-state index in [9.17, 15) is 0 Å². The number of nitrogens with two attached hydrogens (primary N) is 1. The Hall–Kier alpha value is -2.07. The van der Waals surface area contributed by atoms with Gasteiger partial charge in [-0.05, 0) is 60.1 Å². The fraction of sp³-hybridized carbons (Fsp3) is 0.522. The molecule has 2 N–H and O–H groups in total. The lowest BCUT2D eigenvalue weighted by atomic mass is 9.92. The lowest BCUT2D eigenvalue weighted by Gasteiger charge is -2.34. The first kappa shape index (κ1) is 19.7. The Balaban J connectivity index is 1.67. The molecular formula is C23H33N3O. The van der Waals surface area contributed by atoms with Gasteiger partial charge in [-0.3, -0.25) is 4.90 Å². The summed E-state index contributed by atoms with van der Waals surface area (Å²) in [4.78, 5) is 7.02. The second-order valence-electron chi connectivity index (χ2n) is 8.41. The number of nitrogen functional groups attached to an aromatic ring is 1. The fourth-order valence-corrected chi connectivity index (χ4v) is 4.21. The van der Waals surface area contributed by atoms with Crippen molar-refractivity contribution >= 4 is 5.82 Å². The summed E-state index contributed by atoms with van der Waals surface area (Å²) < 4.78 is 6.10. The Bertz CT molecular complexity index is 749. The number of rotatable bonds is 6. The zero-order valence-electron chi connectivity index (χ0n) is 17.1. The predicted molar refractivity (Wildman–Crippen MR) is 113 cm³/mol. The average Bonchev–Trinajstić information content (AvgIpc) is 2.61. The molecule has 146 valence electrons. The number of pyridine rings is 1. The molecule has 1 aliphatic heterocycles. The molecule has 1 aliphatic rings. The van der Waals surface area contributed by atoms with Crippen molar-refractivity contribution in [3.05, 3.63) is 42.0 Å². The third-order valence-corrected chi connectivity index (χ3v) is 5.31. The fourth-order valence-electron chi connectivity index (χ4n) is 4.21. The molecule has 2 unspecified atom stereocenters. The number of anilines is 1. The van der Waals surface area contributed by atoms with E-state index in [1.165, 1.54) is 25.1 Å². The molecule has 27 heavy (non-hydrogen) atoms. The molecule has 0 spiro atoms. The third-order valence-electron chi connectivity index (χ3n) is 5.31. The van der Waals surface area contributed by atoms with E-state index in [-0.39, 0.29) is 0 Å². The Morgan fingerprint density at radius 3 is 2.56 bits per heavy atom. The Morgan fingerprint density at radius 1 is 1.15 bits per heavy atom. The first-order chi connectivity index (χ1) is 12.9. The zero-order chi connectivity index (χ0) is 19.4. The van der Waals surface area contributed by atoms with Gasteiger partial charge in [0.15, 0.2) is 0 Å². The smallest absolute Gasteiger partial charge is 0.124 e. The van der Waals surface area contributed by atoms with Crippen LogP contribution < -0.4 is 10.5 Å². The molecule has 0 saturated carbocycles. The molecule has 2 heterocycles. The highest BCUT2D eigenvalue weighted by Gasteiger charge is 2.21. The van der Waals surface area contributed by atoms with Gasteiger partial charge in [0.2, 0.25) is 0 Å². The van der Waals surface area contributed by atoms with Crippen molar-refractivity contribution in [1.29, 1.82) is 0 Å². The minimum absolute atomic E-state index is 0.385. The van der Waals surface area contributed by atoms with Gasteiger partial charge in [0.25, 0.3) is 0 Å². The highest BCUT2D eigenvalue weighted by Crippen LogP contribution is 2.32. The molecule has 0 amide bonds. The van der Waals surface area contributed by atoms with Gasteiger partial charge in [0.05, 0.1) is 5.69 Å². The van der Waals surface area contributed by atoms with E-state index in [4.69, 9.17) is 10.5 Å². The first-order valence-electron chi connectivity index (χ1n) is 10.1. The van der Waals surface area contributed by atoms with Crippen LogP contribution in [0.4, 0.5) is 5.82 Å². The summed E-state index contributed by atoms with van der Waals surface area (Å²) in [5, 5.41) is 0. The van der Waals surface area contributed by atoms with Crippen molar-refractivity contribution in [2.24, 2.45) is 11.8 Å². The number of piperidine rings is 1. The summed E-state index contributed by atoms with van der Waals surface area (Å²) in [6, 6.07) is 12.1. The van der Waals surface area contributed by atoms with Crippen molar-refractivity contribution in [1.82, 2.24) is 9.88 Å². The summed E-state index contributed by atoms with van der Waals surface area (Å²) in [5.74, 6) is 3.44. The summed E-state index contributed by atoms with van der Waals surface area (Å²) in [7, 11) is 0. The zero-order valence-corrected chi connectivity index (χ0v) is 17.1. The minimum Gasteiger partial charge on any atom is -0.492 e. The molecule has 3 rings (SSSR count). The van der Waals surface area contributed by atoms with Crippen molar-refractivity contribution in [3.63, 3.8) is 0 Å². The molecule has 4 heteroatoms. The molecule has 4 nitrogen and oxygen atoms in total. The molecule has 1 saturated heterocycles. The van der Waals surface area contributed by atoms with Gasteiger partial charge in [-0.25, -0.2) is 4.98 Å². The normalized spacial score (nSPS) is 20.8. The van der Waals surface area contributed by atoms with E-state index in [0.29, 0.717) is 11.7 Å². The van der Waals surface area contributed by atoms with Crippen molar-refractivity contribution in [3.8, 4) is 17.0 Å². The lowest BCUT2D eigenvalue weighted by Crippen LogP contribution is -2.40. The second kappa shape index (κ2) is 8.75. The van der Waals surface area contributed by atoms with Crippen LogP contribution in [0.3, 0.4) is 0 Å². The molecule has 1 aromatic heterocycles. The number of hydrogen-bond acceptors (Lipinski definition) is 4. The van der Waals surface area contributed by atoms with E-state index < -0.39 is 0 Å². The Kier molecular flexibility index (Phi) is 6.38. The minimum atomic E-state index is 0.385. The van der Waals surface area contributed by atoms with Gasteiger partial charge in [-0.2, -0.15) is 0 Å². The SMILES string of the molecule is CC1CC(C)CN(CCOc2ccc(-c3cccc(N)n3)c(C(C)C)c2)C1. The van der Waals surface area contributed by atoms with Crippen LogP contribution in [0.15, 0.2) is 36.4 Å². The van der Waals surface area contributed by atoms with Crippen LogP contribution in [-0.2, 0) is 0 Å². The number of benzene rings is 1. The maximum Gasteiger partial charge on any atom is 0.124 e. The molecule has 0 radical (unpaired) electrons. The van der Waals surface area contributed by atoms with Crippen LogP contribution in [0.1, 0.15) is 45.6 Å². The van der Waals surface area contributed by atoms with Crippen molar-refractivity contribution in [2.45, 2.75) is 40.0 Å². The first-order valence-corrected chi connectivity index (χ1v) is 10.1. The van der Waals surface area contributed by atoms with E-state index in [1.54, 1.807) is 0 Å². The van der Waals surface area contributed by atoms with Crippen LogP contribution in [-0.4, -0.2) is 36.1 Å². The standard InChI is InChI=1S/C23H33N3O/c1-16(2)21-13-19(8-9-20(21)22-6-5-7-23(24)25-22)27-11-10-26-14-17(3)12-18(4)15-26/h5-9,13,16-18H,10-12,14-15H2,1-4H3,(H2,24,25). The van der Waals surface area contributed by atoms with Crippen LogP contribution in [0.2, 0.25) is 0 Å². The van der Waals surface area contributed by atoms with Gasteiger partial charge in [0.1, 0.15) is 18.2 Å². The quantitative estimate of drug-likeness (QED) is 0.796. The van der Waals surface area contributed by atoms with Gasteiger partial charge >= 0.3 is 0 Å². The van der Waals surface area contributed by atoms with Crippen molar-refractivity contribution < 1.29 is 4.74 Å². The molecule has 0 bridgehead atoms. The van der Waals surface area contributed by atoms with Crippen LogP contribution in [0.25, 0.3) is 11.3 Å². The van der Waals surface area contributed by atoms with Crippen LogP contribution >= 0.6 is 0 Å². The summed E-state index contributed by atoms with van der Waals surface area (Å²) >= 11 is 0. The number of likely N-dealkylation sites (tertiary alicyclic amines) is 1. The average molecular weight is 368 g/mol. The van der Waals surface area contributed by atoms with Crippen LogP contribution in [0, 0.1) is 11.8 Å². The van der Waals surface area contributed by atoms with E-state index in [1.807, 2.05) is 24.3 Å². The van der Waals surface area contributed by atoms with E-state index >= 15 is 0 Å². The maximum atomic E-state index is 6.10. The second-order valence-corrected chi connectivity index (χ2v) is 8.41. The molecule has 2 atom stereocenters. The summed E-state index contributed by atoms with van der Waals surface area (Å²) in [6.45, 7) is 13.2. The number of ether oxygens (including phenoxy) is 1. The summed E-state index contributed by atoms with van der Waals surface area (Å²) in [5.41, 5.74) is 9.16. The predicted octanol–water partition coefficient (Wildman–Crippen LogP) is 4.81. The van der Waals surface area contributed by atoms with Gasteiger partial charge in [-0.15, -0.1) is 0 Å². The van der Waals surface area contributed by atoms with E-state index in [0.717, 1.165) is 42.0 Å². The molecule has 0 aliphatic carbocycles. The Labute approximate surface area is 163 Å². The molecule has 2 aromatic rings. The highest BCUT2D eigenvalue weighted by atomic mass is 16.5. The van der Waals surface area contributed by atoms with E-state index in [2.05, 4.69) is 49.7 Å². The summed E-state index contributed by atoms with van der Waals surface area (Å²) in [6.07, 6.45) is 1.34. The van der Waals surface area contributed by atoms with Gasteiger partial charge in [0, 0.05) is 25.2 Å². The monoisotopic (exact) mass is 367 g/mol. The van der Waals surface area contributed by atoms with Gasteiger partial charge < -0.3 is 10.5 Å². The highest BCUT2D eigenvalue weighted by molar-refractivity contribution is 5.67. The number of hydrogen-bond donors (Lipinski definition) is 1. The van der Waals surface area contributed by atoms with Crippen molar-refractivity contribution in [2.75, 3.05) is 32.0 Å². The molecular weight excluding hydrogens is 334 g/mol. The number of nitrogens with zero attached hydrogens (tertiary/aromatic N) is 2. The topological polar surface area (TPSA) is 51.4 Å².